The fourth-order valence-corrected chi connectivity index (χ4v) is 14.3. The molecule has 0 saturated heterocycles. The summed E-state index contributed by atoms with van der Waals surface area (Å²) in [5, 5.41) is 21.4. The van der Waals surface area contributed by atoms with Crippen LogP contribution in [0, 0.1) is 17.9 Å². The van der Waals surface area contributed by atoms with E-state index in [1.54, 1.807) is 22.7 Å². The lowest BCUT2D eigenvalue weighted by Gasteiger charge is -2.26. The Hall–Kier alpha value is -9.56. The van der Waals surface area contributed by atoms with E-state index < -0.39 is 0 Å². The Labute approximate surface area is 433 Å². The summed E-state index contributed by atoms with van der Waals surface area (Å²) >= 11 is 3.61. The minimum atomic E-state index is 0.412. The van der Waals surface area contributed by atoms with E-state index >= 15 is 0 Å². The van der Waals surface area contributed by atoms with E-state index in [0.717, 1.165) is 114 Å². The van der Waals surface area contributed by atoms with Crippen LogP contribution >= 0.6 is 22.7 Å². The Morgan fingerprint density at radius 1 is 0.392 bits per heavy atom. The Balaban J connectivity index is 1.25. The molecule has 0 aliphatic rings. The van der Waals surface area contributed by atoms with E-state index in [4.69, 9.17) is 0 Å². The summed E-state index contributed by atoms with van der Waals surface area (Å²) in [6.07, 6.45) is 0. The Morgan fingerprint density at radius 2 is 0.919 bits per heavy atom. The predicted molar refractivity (Wildman–Crippen MR) is 314 cm³/mol. The standard InChI is InChI=1S/C68H38N4S2/c1-70-62-59(43-24-10-4-11-25-43)54(40-69)63(60(44-26-12-5-13-27-44)65(62)71-55-31-17-14-28-46(55)52-38-45(34-37-56(52)71)41-20-6-2-7-21-41)72-64-50(36-35-49-47-29-15-18-32-57(47)73-67(49)64)61-51(42-22-8-3-9-23-42)39-53-48-30-16-19-33-58(48)74-68(53)66(61)72/h2-39H. The second-order valence-corrected chi connectivity index (χ2v) is 20.9. The minimum absolute atomic E-state index is 0.412. The first-order valence-electron chi connectivity index (χ1n) is 24.7. The number of hydrogen-bond acceptors (Lipinski definition) is 3. The molecule has 11 aromatic carbocycles. The first-order valence-corrected chi connectivity index (χ1v) is 26.3. The summed E-state index contributed by atoms with van der Waals surface area (Å²) in [6.45, 7) is 9.44. The van der Waals surface area contributed by atoms with Gasteiger partial charge in [-0.1, -0.05) is 194 Å². The first kappa shape index (κ1) is 42.2. The summed E-state index contributed by atoms with van der Waals surface area (Å²) in [4.78, 5) is 4.61. The molecule has 0 bridgehead atoms. The molecule has 4 aromatic heterocycles. The van der Waals surface area contributed by atoms with Gasteiger partial charge in [0.25, 0.3) is 0 Å². The van der Waals surface area contributed by atoms with Gasteiger partial charge in [-0.05, 0) is 69.8 Å². The molecular weight excluding hydrogens is 937 g/mol. The molecule has 0 amide bonds. The maximum Gasteiger partial charge on any atom is 0.220 e. The van der Waals surface area contributed by atoms with Crippen molar-refractivity contribution in [2.45, 2.75) is 0 Å². The van der Waals surface area contributed by atoms with Gasteiger partial charge in [-0.25, -0.2) is 4.85 Å². The molecule has 0 spiro atoms. The molecule has 6 heteroatoms. The summed E-state index contributed by atoms with van der Waals surface area (Å²) in [6, 6.07) is 84.4. The number of fused-ring (bicyclic) bond motifs is 14. The quantitative estimate of drug-likeness (QED) is 0.153. The third kappa shape index (κ3) is 6.05. The van der Waals surface area contributed by atoms with Crippen molar-refractivity contribution >= 4 is 112 Å². The Kier molecular flexibility index (Phi) is 9.40. The van der Waals surface area contributed by atoms with E-state index in [1.807, 2.05) is 36.4 Å². The SMILES string of the molecule is [C-]#[N+]c1c(-c2ccccc2)c(C#N)c(-n2c3c(ccc4c5ccccc5sc43)c3c(-c4ccccc4)cc4c5ccccc5sc4c32)c(-c2ccccc2)c1-n1c2ccccc2c2cc(-c3ccccc3)ccc21. The first-order chi connectivity index (χ1) is 36.7. The maximum absolute atomic E-state index is 12.3. The summed E-state index contributed by atoms with van der Waals surface area (Å²) < 4.78 is 9.45. The third-order valence-corrected chi connectivity index (χ3v) is 17.3. The molecule has 0 fully saturated rings. The number of aromatic nitrogens is 2. The van der Waals surface area contributed by atoms with E-state index in [0.29, 0.717) is 16.8 Å². The molecule has 0 radical (unpaired) electrons. The van der Waals surface area contributed by atoms with Crippen LogP contribution in [0.3, 0.4) is 0 Å². The predicted octanol–water partition coefficient (Wildman–Crippen LogP) is 19.7. The highest BCUT2D eigenvalue weighted by molar-refractivity contribution is 7.27. The number of rotatable bonds is 6. The van der Waals surface area contributed by atoms with Gasteiger partial charge in [-0.3, -0.25) is 0 Å². The molecule has 0 atom stereocenters. The van der Waals surface area contributed by atoms with Crippen LogP contribution in [0.5, 0.6) is 0 Å². The van der Waals surface area contributed by atoms with Gasteiger partial charge in [0.15, 0.2) is 0 Å². The van der Waals surface area contributed by atoms with Gasteiger partial charge in [-0.15, -0.1) is 22.7 Å². The van der Waals surface area contributed by atoms with Crippen molar-refractivity contribution in [2.75, 3.05) is 0 Å². The van der Waals surface area contributed by atoms with Crippen LogP contribution in [0.1, 0.15) is 5.56 Å². The molecule has 0 aliphatic carbocycles. The Bertz CT molecular complexity index is 4890. The number of para-hydroxylation sites is 1. The second kappa shape index (κ2) is 16.5. The van der Waals surface area contributed by atoms with Crippen LogP contribution in [0.4, 0.5) is 5.69 Å². The third-order valence-electron chi connectivity index (χ3n) is 15.0. The van der Waals surface area contributed by atoms with Gasteiger partial charge in [0, 0.05) is 63.6 Å². The van der Waals surface area contributed by atoms with Crippen LogP contribution in [-0.2, 0) is 0 Å². The number of thiophene rings is 2. The number of nitrogens with zero attached hydrogens (tertiary/aromatic N) is 4. The molecule has 0 N–H and O–H groups in total. The zero-order chi connectivity index (χ0) is 49.0. The molecular formula is C68H38N4S2. The van der Waals surface area contributed by atoms with Crippen molar-refractivity contribution in [1.29, 1.82) is 5.26 Å². The van der Waals surface area contributed by atoms with Crippen molar-refractivity contribution < 1.29 is 0 Å². The van der Waals surface area contributed by atoms with Gasteiger partial charge in [0.2, 0.25) is 5.69 Å². The molecule has 74 heavy (non-hydrogen) atoms. The topological polar surface area (TPSA) is 38.0 Å². The fraction of sp³-hybridized carbons (Fsp3) is 0. The molecule has 0 unspecified atom stereocenters. The van der Waals surface area contributed by atoms with Crippen LogP contribution in [0.15, 0.2) is 231 Å². The van der Waals surface area contributed by atoms with Crippen molar-refractivity contribution in [2.24, 2.45) is 0 Å². The van der Waals surface area contributed by atoms with Crippen LogP contribution in [-0.4, -0.2) is 9.13 Å². The van der Waals surface area contributed by atoms with Crippen molar-refractivity contribution in [3.63, 3.8) is 0 Å². The van der Waals surface area contributed by atoms with E-state index in [9.17, 15) is 11.8 Å². The summed E-state index contributed by atoms with van der Waals surface area (Å²) in [5.41, 5.74) is 13.9. The van der Waals surface area contributed by atoms with Crippen LogP contribution < -0.4 is 0 Å². The molecule has 15 aromatic rings. The number of benzene rings is 11. The highest BCUT2D eigenvalue weighted by atomic mass is 32.1. The number of nitriles is 1. The summed E-state index contributed by atoms with van der Waals surface area (Å²) in [7, 11) is 0. The molecule has 0 aliphatic heterocycles. The zero-order valence-electron chi connectivity index (χ0n) is 39.5. The van der Waals surface area contributed by atoms with E-state index in [2.05, 4.69) is 214 Å². The van der Waals surface area contributed by atoms with Crippen molar-refractivity contribution in [3.8, 4) is 62.0 Å². The van der Waals surface area contributed by atoms with Crippen LogP contribution in [0.2, 0.25) is 0 Å². The lowest BCUT2D eigenvalue weighted by molar-refractivity contribution is 1.14. The highest BCUT2D eigenvalue weighted by Gasteiger charge is 2.34. The average Bonchev–Trinajstić information content (AvgIpc) is 4.23. The largest absolute Gasteiger partial charge is 0.318 e. The van der Waals surface area contributed by atoms with Crippen molar-refractivity contribution in [1.82, 2.24) is 9.13 Å². The van der Waals surface area contributed by atoms with Gasteiger partial charge < -0.3 is 9.13 Å². The monoisotopic (exact) mass is 974 g/mol. The Morgan fingerprint density at radius 3 is 1.57 bits per heavy atom. The smallest absolute Gasteiger partial charge is 0.220 e. The molecule has 342 valence electrons. The zero-order valence-corrected chi connectivity index (χ0v) is 41.2. The molecule has 15 rings (SSSR count). The summed E-state index contributed by atoms with van der Waals surface area (Å²) in [5.74, 6) is 0. The fourth-order valence-electron chi connectivity index (χ4n) is 11.9. The molecule has 0 saturated carbocycles. The van der Waals surface area contributed by atoms with Crippen molar-refractivity contribution in [3.05, 3.63) is 248 Å². The van der Waals surface area contributed by atoms with E-state index in [1.165, 1.54) is 20.2 Å². The lowest BCUT2D eigenvalue weighted by Crippen LogP contribution is -2.09. The second-order valence-electron chi connectivity index (χ2n) is 18.8. The average molecular weight is 975 g/mol. The number of hydrogen-bond donors (Lipinski definition) is 0. The minimum Gasteiger partial charge on any atom is -0.318 e. The van der Waals surface area contributed by atoms with E-state index in [-0.39, 0.29) is 0 Å². The van der Waals surface area contributed by atoms with Gasteiger partial charge in [0.05, 0.1) is 55.0 Å². The van der Waals surface area contributed by atoms with Crippen LogP contribution in [0.25, 0.3) is 145 Å². The lowest BCUT2D eigenvalue weighted by atomic mass is 9.88. The van der Waals surface area contributed by atoms with Gasteiger partial charge in [0.1, 0.15) is 6.07 Å². The highest BCUT2D eigenvalue weighted by Crippen LogP contribution is 2.56. The molecule has 4 nitrogen and oxygen atoms in total. The normalized spacial score (nSPS) is 11.8. The van der Waals surface area contributed by atoms with Gasteiger partial charge in [-0.2, -0.15) is 5.26 Å². The molecule has 4 heterocycles. The van der Waals surface area contributed by atoms with Gasteiger partial charge >= 0.3 is 0 Å². The maximum atomic E-state index is 12.3.